The average molecular weight is 279 g/mol. The van der Waals surface area contributed by atoms with Crippen molar-refractivity contribution < 1.29 is 9.59 Å². The van der Waals surface area contributed by atoms with Crippen LogP contribution >= 0.6 is 0 Å². The summed E-state index contributed by atoms with van der Waals surface area (Å²) in [5.41, 5.74) is 3.39. The van der Waals surface area contributed by atoms with Gasteiger partial charge in [0.25, 0.3) is 0 Å². The number of hydrogen-bond acceptors (Lipinski definition) is 4. The third-order valence-electron chi connectivity index (χ3n) is 3.45. The second kappa shape index (κ2) is 5.28. The van der Waals surface area contributed by atoms with Crippen LogP contribution in [0.3, 0.4) is 0 Å². The predicted octanol–water partition coefficient (Wildman–Crippen LogP) is 2.50. The summed E-state index contributed by atoms with van der Waals surface area (Å²) in [7, 11) is 0. The van der Waals surface area contributed by atoms with Gasteiger partial charge in [-0.15, -0.1) is 0 Å². The highest BCUT2D eigenvalue weighted by Gasteiger charge is 2.13. The lowest BCUT2D eigenvalue weighted by Gasteiger charge is -2.03. The van der Waals surface area contributed by atoms with E-state index in [0.717, 1.165) is 28.3 Å². The molecule has 3 rings (SSSR count). The first-order valence-corrected chi connectivity index (χ1v) is 6.55. The van der Waals surface area contributed by atoms with Crippen molar-refractivity contribution in [1.82, 2.24) is 14.8 Å². The van der Waals surface area contributed by atoms with E-state index in [9.17, 15) is 9.59 Å². The summed E-state index contributed by atoms with van der Waals surface area (Å²) in [6, 6.07) is 7.68. The van der Waals surface area contributed by atoms with Gasteiger partial charge in [0.2, 0.25) is 0 Å². The van der Waals surface area contributed by atoms with Gasteiger partial charge in [-0.3, -0.25) is 4.79 Å². The molecule has 3 aromatic rings. The lowest BCUT2D eigenvalue weighted by Crippen LogP contribution is -1.96. The topological polar surface area (TPSA) is 64.8 Å². The smallest absolute Gasteiger partial charge is 0.161 e. The maximum Gasteiger partial charge on any atom is 0.161 e. The Bertz CT molecular complexity index is 822. The Morgan fingerprint density at radius 2 is 2.10 bits per heavy atom. The molecule has 0 bridgehead atoms. The lowest BCUT2D eigenvalue weighted by atomic mass is 10.0. The number of carbonyl (C=O) groups excluding carboxylic acids is 2. The molecule has 1 aromatic carbocycles. The maximum atomic E-state index is 11.8. The molecular formula is C16H13N3O2. The highest BCUT2D eigenvalue weighted by molar-refractivity contribution is 6.08. The van der Waals surface area contributed by atoms with Gasteiger partial charge >= 0.3 is 0 Å². The van der Waals surface area contributed by atoms with Gasteiger partial charge < -0.3 is 9.36 Å². The summed E-state index contributed by atoms with van der Waals surface area (Å²) in [5.74, 6) is -0.0188. The SMILES string of the molecule is CC(=O)c1cn(CC=O)c2ccc(-c3ccnnc3)cc12. The van der Waals surface area contributed by atoms with E-state index in [2.05, 4.69) is 10.2 Å². The molecule has 0 amide bonds. The van der Waals surface area contributed by atoms with Crippen LogP contribution in [0.1, 0.15) is 17.3 Å². The van der Waals surface area contributed by atoms with Crippen LogP contribution in [0.25, 0.3) is 22.0 Å². The van der Waals surface area contributed by atoms with E-state index in [-0.39, 0.29) is 12.3 Å². The van der Waals surface area contributed by atoms with Gasteiger partial charge in [-0.2, -0.15) is 10.2 Å². The molecule has 0 aliphatic rings. The Hall–Kier alpha value is -2.82. The summed E-state index contributed by atoms with van der Waals surface area (Å²) in [5, 5.41) is 8.47. The average Bonchev–Trinajstić information content (AvgIpc) is 2.87. The first kappa shape index (κ1) is 13.2. The molecule has 0 aliphatic heterocycles. The molecule has 0 saturated carbocycles. The predicted molar refractivity (Wildman–Crippen MR) is 79.0 cm³/mol. The number of ketones is 1. The molecule has 2 aromatic heterocycles. The van der Waals surface area contributed by atoms with Crippen molar-refractivity contribution in [2.45, 2.75) is 13.5 Å². The van der Waals surface area contributed by atoms with Crippen LogP contribution in [0.2, 0.25) is 0 Å². The summed E-state index contributed by atoms with van der Waals surface area (Å²) in [6.45, 7) is 1.76. The molecule has 0 fully saturated rings. The Morgan fingerprint density at radius 1 is 1.24 bits per heavy atom. The standard InChI is InChI=1S/C16H13N3O2/c1-11(21)15-10-19(6-7-20)16-3-2-12(8-14(15)16)13-4-5-17-18-9-13/h2-5,7-10H,6H2,1H3. The zero-order valence-electron chi connectivity index (χ0n) is 11.5. The quantitative estimate of drug-likeness (QED) is 0.543. The minimum Gasteiger partial charge on any atom is -0.340 e. The molecule has 2 heterocycles. The van der Waals surface area contributed by atoms with Crippen molar-refractivity contribution in [2.75, 3.05) is 0 Å². The molecule has 21 heavy (non-hydrogen) atoms. The van der Waals surface area contributed by atoms with Gasteiger partial charge in [-0.1, -0.05) is 6.07 Å². The number of fused-ring (bicyclic) bond motifs is 1. The Morgan fingerprint density at radius 3 is 2.76 bits per heavy atom. The van der Waals surface area contributed by atoms with Crippen LogP contribution in [0.4, 0.5) is 0 Å². The van der Waals surface area contributed by atoms with E-state index in [0.29, 0.717) is 5.56 Å². The summed E-state index contributed by atoms with van der Waals surface area (Å²) < 4.78 is 1.79. The van der Waals surface area contributed by atoms with Crippen LogP contribution < -0.4 is 0 Å². The van der Waals surface area contributed by atoms with E-state index < -0.39 is 0 Å². The fourth-order valence-corrected chi connectivity index (χ4v) is 2.45. The molecule has 0 spiro atoms. The normalized spacial score (nSPS) is 10.7. The molecule has 104 valence electrons. The molecule has 0 aliphatic carbocycles. The Labute approximate surface area is 121 Å². The number of benzene rings is 1. The highest BCUT2D eigenvalue weighted by Crippen LogP contribution is 2.27. The minimum absolute atomic E-state index is 0.0188. The fourth-order valence-electron chi connectivity index (χ4n) is 2.45. The van der Waals surface area contributed by atoms with Gasteiger partial charge in [-0.05, 0) is 30.7 Å². The molecule has 0 unspecified atom stereocenters. The number of aldehydes is 1. The van der Waals surface area contributed by atoms with Gasteiger partial charge in [0, 0.05) is 28.2 Å². The molecule has 5 nitrogen and oxygen atoms in total. The second-order valence-corrected chi connectivity index (χ2v) is 4.78. The van der Waals surface area contributed by atoms with Crippen LogP contribution in [-0.2, 0) is 11.3 Å². The summed E-state index contributed by atoms with van der Waals surface area (Å²) in [6.07, 6.45) is 5.86. The van der Waals surface area contributed by atoms with E-state index in [1.165, 1.54) is 6.92 Å². The molecule has 0 atom stereocenters. The van der Waals surface area contributed by atoms with E-state index in [1.807, 2.05) is 24.3 Å². The number of Topliss-reactive ketones (excluding diaryl/α,β-unsaturated/α-hetero) is 1. The first-order chi connectivity index (χ1) is 10.2. The van der Waals surface area contributed by atoms with Crippen molar-refractivity contribution in [3.8, 4) is 11.1 Å². The van der Waals surface area contributed by atoms with Crippen molar-refractivity contribution in [3.05, 3.63) is 48.4 Å². The van der Waals surface area contributed by atoms with Crippen molar-refractivity contribution in [1.29, 1.82) is 0 Å². The van der Waals surface area contributed by atoms with Crippen LogP contribution in [0.15, 0.2) is 42.9 Å². The second-order valence-electron chi connectivity index (χ2n) is 4.78. The number of carbonyl (C=O) groups is 2. The highest BCUT2D eigenvalue weighted by atomic mass is 16.1. The van der Waals surface area contributed by atoms with Gasteiger partial charge in [0.1, 0.15) is 6.29 Å². The van der Waals surface area contributed by atoms with Crippen LogP contribution in [0, 0.1) is 0 Å². The zero-order chi connectivity index (χ0) is 14.8. The fraction of sp³-hybridized carbons (Fsp3) is 0.125. The first-order valence-electron chi connectivity index (χ1n) is 6.55. The van der Waals surface area contributed by atoms with Crippen LogP contribution in [-0.4, -0.2) is 26.8 Å². The Kier molecular flexibility index (Phi) is 3.31. The van der Waals surface area contributed by atoms with Crippen molar-refractivity contribution in [3.63, 3.8) is 0 Å². The largest absolute Gasteiger partial charge is 0.340 e. The van der Waals surface area contributed by atoms with E-state index in [4.69, 9.17) is 0 Å². The molecule has 0 N–H and O–H groups in total. The van der Waals surface area contributed by atoms with Crippen molar-refractivity contribution in [2.24, 2.45) is 0 Å². The lowest BCUT2D eigenvalue weighted by molar-refractivity contribution is -0.108. The number of aromatic nitrogens is 3. The minimum atomic E-state index is -0.0188. The summed E-state index contributed by atoms with van der Waals surface area (Å²) in [4.78, 5) is 22.6. The summed E-state index contributed by atoms with van der Waals surface area (Å²) >= 11 is 0. The molecular weight excluding hydrogens is 266 g/mol. The van der Waals surface area contributed by atoms with Gasteiger partial charge in [0.15, 0.2) is 5.78 Å². The van der Waals surface area contributed by atoms with Gasteiger partial charge in [0.05, 0.1) is 18.9 Å². The third kappa shape index (κ3) is 2.33. The number of hydrogen-bond donors (Lipinski definition) is 0. The monoisotopic (exact) mass is 279 g/mol. The van der Waals surface area contributed by atoms with Crippen LogP contribution in [0.5, 0.6) is 0 Å². The van der Waals surface area contributed by atoms with Gasteiger partial charge in [-0.25, -0.2) is 0 Å². The van der Waals surface area contributed by atoms with Crippen molar-refractivity contribution >= 4 is 23.0 Å². The molecule has 5 heteroatoms. The third-order valence-corrected chi connectivity index (χ3v) is 3.45. The van der Waals surface area contributed by atoms with E-state index >= 15 is 0 Å². The number of nitrogens with zero attached hydrogens (tertiary/aromatic N) is 3. The molecule has 0 saturated heterocycles. The zero-order valence-corrected chi connectivity index (χ0v) is 11.5. The number of rotatable bonds is 4. The maximum absolute atomic E-state index is 11.8. The Balaban J connectivity index is 2.23. The van der Waals surface area contributed by atoms with E-state index in [1.54, 1.807) is 23.2 Å². The molecule has 0 radical (unpaired) electrons.